The number of benzene rings is 1. The van der Waals surface area contributed by atoms with Gasteiger partial charge in [0.25, 0.3) is 5.91 Å². The molecule has 1 aliphatic heterocycles. The normalized spacial score (nSPS) is 13.8. The highest BCUT2D eigenvalue weighted by Crippen LogP contribution is 2.24. The maximum Gasteiger partial charge on any atom is 0.255 e. The molecule has 0 saturated carbocycles. The lowest BCUT2D eigenvalue weighted by Gasteiger charge is -2.27. The van der Waals surface area contributed by atoms with Gasteiger partial charge in [-0.25, -0.2) is 19.3 Å². The lowest BCUT2D eigenvalue weighted by Crippen LogP contribution is -2.36. The summed E-state index contributed by atoms with van der Waals surface area (Å²) in [6, 6.07) is 8.29. The van der Waals surface area contributed by atoms with Crippen LogP contribution in [-0.4, -0.2) is 38.8 Å². The zero-order chi connectivity index (χ0) is 21.1. The second-order valence-corrected chi connectivity index (χ2v) is 7.09. The minimum absolute atomic E-state index is 0.0529. The van der Waals surface area contributed by atoms with Crippen LogP contribution in [0.5, 0.6) is 0 Å². The van der Waals surface area contributed by atoms with Crippen LogP contribution in [0.4, 0.5) is 16.0 Å². The molecule has 8 nitrogen and oxygen atoms in total. The number of aromatic nitrogens is 3. The number of nitrogens with two attached hydrogens (primary N) is 1. The molecule has 3 N–H and O–H groups in total. The van der Waals surface area contributed by atoms with Crippen molar-refractivity contribution in [3.8, 4) is 6.07 Å². The van der Waals surface area contributed by atoms with E-state index in [1.165, 1.54) is 12.4 Å². The van der Waals surface area contributed by atoms with Crippen molar-refractivity contribution in [1.29, 1.82) is 5.26 Å². The molecule has 0 bridgehead atoms. The molecule has 0 radical (unpaired) electrons. The van der Waals surface area contributed by atoms with E-state index >= 15 is 0 Å². The van der Waals surface area contributed by atoms with Crippen LogP contribution in [0, 0.1) is 17.1 Å². The lowest BCUT2D eigenvalue weighted by atomic mass is 10.0. The molecule has 0 spiro atoms. The monoisotopic (exact) mass is 405 g/mol. The average Bonchev–Trinajstić information content (AvgIpc) is 2.77. The Morgan fingerprint density at radius 2 is 2.07 bits per heavy atom. The van der Waals surface area contributed by atoms with Crippen molar-refractivity contribution in [2.75, 3.05) is 24.1 Å². The largest absolute Gasteiger partial charge is 0.382 e. The molecule has 0 atom stereocenters. The molecule has 3 heterocycles. The van der Waals surface area contributed by atoms with Crippen LogP contribution in [0.2, 0.25) is 0 Å². The SMILES string of the molecule is N#Cc1c(N)ncnc1NCc1nc2c(F)cccc2cc1C(=O)N1CCCCC1. The number of para-hydroxylation sites is 1. The number of fused-ring (bicyclic) bond motifs is 1. The first-order valence-electron chi connectivity index (χ1n) is 9.70. The number of carbonyl (C=O) groups excluding carboxylic acids is 1. The van der Waals surface area contributed by atoms with Gasteiger partial charge in [-0.1, -0.05) is 12.1 Å². The highest BCUT2D eigenvalue weighted by Gasteiger charge is 2.23. The van der Waals surface area contributed by atoms with Crippen molar-refractivity contribution in [3.63, 3.8) is 0 Å². The number of hydrogen-bond donors (Lipinski definition) is 2. The van der Waals surface area contributed by atoms with E-state index in [-0.39, 0.29) is 35.2 Å². The summed E-state index contributed by atoms with van der Waals surface area (Å²) in [6.45, 7) is 1.45. The number of nitrogen functional groups attached to an aromatic ring is 1. The molecule has 1 fully saturated rings. The summed E-state index contributed by atoms with van der Waals surface area (Å²) in [6.07, 6.45) is 4.26. The van der Waals surface area contributed by atoms with E-state index in [1.807, 2.05) is 6.07 Å². The molecule has 1 saturated heterocycles. The molecule has 2 aromatic heterocycles. The van der Waals surface area contributed by atoms with Crippen molar-refractivity contribution < 1.29 is 9.18 Å². The van der Waals surface area contributed by atoms with E-state index < -0.39 is 5.82 Å². The third-order valence-electron chi connectivity index (χ3n) is 5.16. The number of pyridine rings is 1. The van der Waals surface area contributed by atoms with Crippen LogP contribution in [0.25, 0.3) is 10.9 Å². The summed E-state index contributed by atoms with van der Waals surface area (Å²) in [7, 11) is 0. The van der Waals surface area contributed by atoms with Gasteiger partial charge in [-0.3, -0.25) is 4.79 Å². The Hall–Kier alpha value is -3.80. The van der Waals surface area contributed by atoms with Gasteiger partial charge in [0.05, 0.1) is 17.8 Å². The molecule has 30 heavy (non-hydrogen) atoms. The summed E-state index contributed by atoms with van der Waals surface area (Å²) >= 11 is 0. The number of rotatable bonds is 4. The fourth-order valence-electron chi connectivity index (χ4n) is 3.60. The molecule has 4 rings (SSSR count). The summed E-state index contributed by atoms with van der Waals surface area (Å²) < 4.78 is 14.3. The number of likely N-dealkylation sites (tertiary alicyclic amines) is 1. The van der Waals surface area contributed by atoms with Gasteiger partial charge in [-0.2, -0.15) is 5.26 Å². The zero-order valence-electron chi connectivity index (χ0n) is 16.2. The highest BCUT2D eigenvalue weighted by atomic mass is 19.1. The Balaban J connectivity index is 1.73. The van der Waals surface area contributed by atoms with Crippen molar-refractivity contribution >= 4 is 28.4 Å². The van der Waals surface area contributed by atoms with Gasteiger partial charge in [0, 0.05) is 18.5 Å². The predicted molar refractivity (Wildman–Crippen MR) is 110 cm³/mol. The van der Waals surface area contributed by atoms with Gasteiger partial charge < -0.3 is 16.0 Å². The van der Waals surface area contributed by atoms with E-state index in [2.05, 4.69) is 20.3 Å². The van der Waals surface area contributed by atoms with E-state index in [4.69, 9.17) is 5.73 Å². The van der Waals surface area contributed by atoms with Gasteiger partial charge in [0.2, 0.25) is 0 Å². The van der Waals surface area contributed by atoms with Crippen molar-refractivity contribution in [1.82, 2.24) is 19.9 Å². The van der Waals surface area contributed by atoms with E-state index in [9.17, 15) is 14.4 Å². The maximum absolute atomic E-state index is 14.3. The number of nitriles is 1. The molecule has 9 heteroatoms. The Kier molecular flexibility index (Phi) is 5.39. The third-order valence-corrected chi connectivity index (χ3v) is 5.16. The smallest absolute Gasteiger partial charge is 0.255 e. The highest BCUT2D eigenvalue weighted by molar-refractivity contribution is 5.99. The second kappa shape index (κ2) is 8.29. The van der Waals surface area contributed by atoms with Gasteiger partial charge in [0.15, 0.2) is 0 Å². The Morgan fingerprint density at radius 1 is 1.27 bits per heavy atom. The van der Waals surface area contributed by atoms with Gasteiger partial charge in [-0.05, 0) is 31.4 Å². The zero-order valence-corrected chi connectivity index (χ0v) is 16.2. The molecule has 0 aliphatic carbocycles. The number of halogens is 1. The Bertz CT molecular complexity index is 1150. The van der Waals surface area contributed by atoms with Crippen molar-refractivity contribution in [3.05, 3.63) is 53.2 Å². The molecule has 1 aromatic carbocycles. The van der Waals surface area contributed by atoms with Crippen LogP contribution in [-0.2, 0) is 6.54 Å². The van der Waals surface area contributed by atoms with Crippen molar-refractivity contribution in [2.45, 2.75) is 25.8 Å². The summed E-state index contributed by atoms with van der Waals surface area (Å²) in [5, 5.41) is 12.9. The number of hydrogen-bond acceptors (Lipinski definition) is 7. The van der Waals surface area contributed by atoms with Crippen LogP contribution < -0.4 is 11.1 Å². The standard InChI is InChI=1S/C21H20FN7O/c22-16-6-4-5-13-9-14(21(30)29-7-2-1-3-8-29)17(28-18(13)16)11-25-20-15(10-23)19(24)26-12-27-20/h4-6,9,12H,1-3,7-8,11H2,(H3,24,25,26,27). The number of carbonyl (C=O) groups is 1. The van der Waals surface area contributed by atoms with Crippen LogP contribution in [0.15, 0.2) is 30.6 Å². The molecule has 152 valence electrons. The Labute approximate surface area is 172 Å². The van der Waals surface area contributed by atoms with Crippen LogP contribution in [0.3, 0.4) is 0 Å². The predicted octanol–water partition coefficient (Wildman–Crippen LogP) is 2.86. The van der Waals surface area contributed by atoms with E-state index in [1.54, 1.807) is 23.1 Å². The second-order valence-electron chi connectivity index (χ2n) is 7.09. The quantitative estimate of drug-likeness (QED) is 0.684. The fourth-order valence-corrected chi connectivity index (χ4v) is 3.60. The fraction of sp³-hybridized carbons (Fsp3) is 0.286. The van der Waals surface area contributed by atoms with Crippen molar-refractivity contribution in [2.24, 2.45) is 0 Å². The first-order chi connectivity index (χ1) is 14.6. The van der Waals surface area contributed by atoms with Gasteiger partial charge in [0.1, 0.15) is 40.9 Å². The third kappa shape index (κ3) is 3.72. The average molecular weight is 405 g/mol. The van der Waals surface area contributed by atoms with Crippen LogP contribution >= 0.6 is 0 Å². The van der Waals surface area contributed by atoms with Gasteiger partial charge >= 0.3 is 0 Å². The number of nitrogens with one attached hydrogen (secondary N) is 1. The molecule has 1 aliphatic rings. The lowest BCUT2D eigenvalue weighted by molar-refractivity contribution is 0.0723. The number of piperidine rings is 1. The van der Waals surface area contributed by atoms with E-state index in [0.717, 1.165) is 19.3 Å². The maximum atomic E-state index is 14.3. The molecule has 1 amide bonds. The topological polar surface area (TPSA) is 121 Å². The number of amides is 1. The number of anilines is 2. The number of nitrogens with zero attached hydrogens (tertiary/aromatic N) is 5. The Morgan fingerprint density at radius 3 is 2.83 bits per heavy atom. The van der Waals surface area contributed by atoms with Crippen LogP contribution in [0.1, 0.15) is 40.9 Å². The van der Waals surface area contributed by atoms with E-state index in [0.29, 0.717) is 29.7 Å². The first kappa shape index (κ1) is 19.5. The summed E-state index contributed by atoms with van der Waals surface area (Å²) in [5.74, 6) is -0.309. The minimum atomic E-state index is -0.463. The van der Waals surface area contributed by atoms with Gasteiger partial charge in [-0.15, -0.1) is 0 Å². The minimum Gasteiger partial charge on any atom is -0.382 e. The first-order valence-corrected chi connectivity index (χ1v) is 9.70. The molecule has 3 aromatic rings. The summed E-state index contributed by atoms with van der Waals surface area (Å²) in [5.41, 5.74) is 6.81. The molecular formula is C21H20FN7O. The molecular weight excluding hydrogens is 385 g/mol. The summed E-state index contributed by atoms with van der Waals surface area (Å²) in [4.78, 5) is 27.3. The molecule has 0 unspecified atom stereocenters.